The first-order valence-corrected chi connectivity index (χ1v) is 7.24. The predicted octanol–water partition coefficient (Wildman–Crippen LogP) is 2.41. The maximum absolute atomic E-state index is 5.81. The van der Waals surface area contributed by atoms with Gasteiger partial charge in [-0.2, -0.15) is 0 Å². The maximum Gasteiger partial charge on any atom is 0.119 e. The lowest BCUT2D eigenvalue weighted by Crippen LogP contribution is -2.44. The average Bonchev–Trinajstić information content (AvgIpc) is 2.75. The van der Waals surface area contributed by atoms with Crippen molar-refractivity contribution in [1.82, 2.24) is 10.6 Å². The molecule has 0 spiro atoms. The minimum absolute atomic E-state index is 0.278. The van der Waals surface area contributed by atoms with Crippen LogP contribution < -0.4 is 15.4 Å². The number of benzene rings is 1. The van der Waals surface area contributed by atoms with E-state index in [1.807, 2.05) is 0 Å². The molecule has 0 saturated carbocycles. The first-order chi connectivity index (χ1) is 9.07. The van der Waals surface area contributed by atoms with Crippen molar-refractivity contribution in [1.29, 1.82) is 0 Å². The highest BCUT2D eigenvalue weighted by Crippen LogP contribution is 2.16. The summed E-state index contributed by atoms with van der Waals surface area (Å²) in [5.41, 5.74) is 2.80. The largest absolute Gasteiger partial charge is 0.494 e. The Kier molecular flexibility index (Phi) is 4.83. The Morgan fingerprint density at radius 3 is 2.63 bits per heavy atom. The van der Waals surface area contributed by atoms with Crippen LogP contribution in [-0.2, 0) is 0 Å². The lowest BCUT2D eigenvalue weighted by atomic mass is 10.0. The minimum atomic E-state index is 0.278. The summed E-state index contributed by atoms with van der Waals surface area (Å²) in [5, 5.41) is 7.02. The van der Waals surface area contributed by atoms with Gasteiger partial charge in [0.05, 0.1) is 6.61 Å². The summed E-state index contributed by atoms with van der Waals surface area (Å²) in [7, 11) is 0. The Morgan fingerprint density at radius 2 is 2.00 bits per heavy atom. The number of rotatable bonds is 6. The zero-order valence-electron chi connectivity index (χ0n) is 12.4. The van der Waals surface area contributed by atoms with Gasteiger partial charge in [-0.25, -0.2) is 0 Å². The highest BCUT2D eigenvalue weighted by molar-refractivity contribution is 5.32. The van der Waals surface area contributed by atoms with Gasteiger partial charge in [0.2, 0.25) is 0 Å². The molecule has 106 valence electrons. The molecule has 3 nitrogen and oxygen atoms in total. The molecule has 0 aromatic heterocycles. The molecule has 2 rings (SSSR count). The zero-order chi connectivity index (χ0) is 13.7. The second kappa shape index (κ2) is 6.40. The summed E-state index contributed by atoms with van der Waals surface area (Å²) in [5.74, 6) is 0.992. The van der Waals surface area contributed by atoms with Gasteiger partial charge in [0.25, 0.3) is 0 Å². The van der Waals surface area contributed by atoms with E-state index in [4.69, 9.17) is 4.74 Å². The van der Waals surface area contributed by atoms with Gasteiger partial charge in [-0.05, 0) is 70.0 Å². The molecule has 1 saturated heterocycles. The number of hydrogen-bond donors (Lipinski definition) is 2. The summed E-state index contributed by atoms with van der Waals surface area (Å²) < 4.78 is 5.81. The van der Waals surface area contributed by atoms with Gasteiger partial charge in [-0.15, -0.1) is 0 Å². The first-order valence-electron chi connectivity index (χ1n) is 7.24. The van der Waals surface area contributed by atoms with Crippen LogP contribution in [0.15, 0.2) is 18.2 Å². The fourth-order valence-corrected chi connectivity index (χ4v) is 2.64. The molecule has 3 heteroatoms. The highest BCUT2D eigenvalue weighted by atomic mass is 16.5. The second-order valence-electron chi connectivity index (χ2n) is 5.94. The Bertz CT molecular complexity index is 391. The van der Waals surface area contributed by atoms with E-state index in [2.05, 4.69) is 49.6 Å². The van der Waals surface area contributed by atoms with E-state index < -0.39 is 0 Å². The Balaban J connectivity index is 1.66. The predicted molar refractivity (Wildman–Crippen MR) is 79.9 cm³/mol. The van der Waals surface area contributed by atoms with Crippen LogP contribution in [0.2, 0.25) is 0 Å². The van der Waals surface area contributed by atoms with Crippen LogP contribution in [0.1, 0.15) is 30.9 Å². The van der Waals surface area contributed by atoms with E-state index in [0.717, 1.165) is 38.4 Å². The van der Waals surface area contributed by atoms with Gasteiger partial charge < -0.3 is 15.4 Å². The SMILES string of the molecule is Cc1cc(C)cc(OCCCNC2(C)CCNC2)c1. The van der Waals surface area contributed by atoms with Gasteiger partial charge in [-0.3, -0.25) is 0 Å². The summed E-state index contributed by atoms with van der Waals surface area (Å²) >= 11 is 0. The molecule has 19 heavy (non-hydrogen) atoms. The molecule has 1 aromatic rings. The lowest BCUT2D eigenvalue weighted by molar-refractivity contribution is 0.293. The number of ether oxygens (including phenoxy) is 1. The second-order valence-corrected chi connectivity index (χ2v) is 5.94. The molecule has 1 atom stereocenters. The quantitative estimate of drug-likeness (QED) is 0.772. The Hall–Kier alpha value is -1.06. The first kappa shape index (κ1) is 14.4. The molecule has 0 aliphatic carbocycles. The summed E-state index contributed by atoms with van der Waals surface area (Å²) in [4.78, 5) is 0. The van der Waals surface area contributed by atoms with E-state index in [1.54, 1.807) is 0 Å². The van der Waals surface area contributed by atoms with Crippen LogP contribution in [0.4, 0.5) is 0 Å². The van der Waals surface area contributed by atoms with E-state index in [0.29, 0.717) is 0 Å². The molecule has 0 amide bonds. The monoisotopic (exact) mass is 262 g/mol. The third kappa shape index (κ3) is 4.51. The van der Waals surface area contributed by atoms with Crippen molar-refractivity contribution in [3.63, 3.8) is 0 Å². The normalized spacial score (nSPS) is 22.7. The molecule has 2 N–H and O–H groups in total. The van der Waals surface area contributed by atoms with E-state index in [-0.39, 0.29) is 5.54 Å². The van der Waals surface area contributed by atoms with Crippen LogP contribution in [0, 0.1) is 13.8 Å². The molecule has 1 fully saturated rings. The molecule has 1 aliphatic heterocycles. The molecule has 0 radical (unpaired) electrons. The fourth-order valence-electron chi connectivity index (χ4n) is 2.64. The minimum Gasteiger partial charge on any atom is -0.494 e. The molecule has 1 heterocycles. The molecule has 1 unspecified atom stereocenters. The van der Waals surface area contributed by atoms with Crippen molar-refractivity contribution in [3.8, 4) is 5.75 Å². The van der Waals surface area contributed by atoms with Crippen LogP contribution in [0.5, 0.6) is 5.75 Å². The molecular formula is C16H26N2O. The van der Waals surface area contributed by atoms with Crippen molar-refractivity contribution in [2.45, 2.75) is 39.2 Å². The lowest BCUT2D eigenvalue weighted by Gasteiger charge is -2.24. The smallest absolute Gasteiger partial charge is 0.119 e. The van der Waals surface area contributed by atoms with E-state index in [9.17, 15) is 0 Å². The summed E-state index contributed by atoms with van der Waals surface area (Å²) in [6.07, 6.45) is 2.26. The van der Waals surface area contributed by atoms with Crippen molar-refractivity contribution < 1.29 is 4.74 Å². The third-order valence-corrected chi connectivity index (χ3v) is 3.71. The maximum atomic E-state index is 5.81. The standard InChI is InChI=1S/C16H26N2O/c1-13-9-14(2)11-15(10-13)19-8-4-6-18-16(3)5-7-17-12-16/h9-11,17-18H,4-8,12H2,1-3H3. The molecule has 0 bridgehead atoms. The van der Waals surface area contributed by atoms with Gasteiger partial charge >= 0.3 is 0 Å². The van der Waals surface area contributed by atoms with E-state index >= 15 is 0 Å². The number of nitrogens with one attached hydrogen (secondary N) is 2. The van der Waals surface area contributed by atoms with Crippen LogP contribution in [0.25, 0.3) is 0 Å². The number of hydrogen-bond acceptors (Lipinski definition) is 3. The molecule has 1 aliphatic rings. The van der Waals surface area contributed by atoms with Crippen LogP contribution in [0.3, 0.4) is 0 Å². The van der Waals surface area contributed by atoms with E-state index in [1.165, 1.54) is 17.5 Å². The van der Waals surface area contributed by atoms with Gasteiger partial charge in [-0.1, -0.05) is 6.07 Å². The summed E-state index contributed by atoms with van der Waals surface area (Å²) in [6, 6.07) is 6.37. The molecule has 1 aromatic carbocycles. The molecular weight excluding hydrogens is 236 g/mol. The summed E-state index contributed by atoms with van der Waals surface area (Å²) in [6.45, 7) is 10.5. The fraction of sp³-hybridized carbons (Fsp3) is 0.625. The van der Waals surface area contributed by atoms with Crippen LogP contribution in [-0.4, -0.2) is 31.8 Å². The van der Waals surface area contributed by atoms with Gasteiger partial charge in [0.15, 0.2) is 0 Å². The highest BCUT2D eigenvalue weighted by Gasteiger charge is 2.26. The van der Waals surface area contributed by atoms with Crippen molar-refractivity contribution in [2.75, 3.05) is 26.2 Å². The third-order valence-electron chi connectivity index (χ3n) is 3.71. The van der Waals surface area contributed by atoms with Gasteiger partial charge in [0.1, 0.15) is 5.75 Å². The van der Waals surface area contributed by atoms with Crippen molar-refractivity contribution >= 4 is 0 Å². The Labute approximate surface area is 116 Å². The Morgan fingerprint density at radius 1 is 1.26 bits per heavy atom. The zero-order valence-corrected chi connectivity index (χ0v) is 12.4. The van der Waals surface area contributed by atoms with Crippen molar-refractivity contribution in [2.24, 2.45) is 0 Å². The topological polar surface area (TPSA) is 33.3 Å². The number of aryl methyl sites for hydroxylation is 2. The van der Waals surface area contributed by atoms with Crippen molar-refractivity contribution in [3.05, 3.63) is 29.3 Å². The van der Waals surface area contributed by atoms with Crippen LogP contribution >= 0.6 is 0 Å². The average molecular weight is 262 g/mol. The van der Waals surface area contributed by atoms with Gasteiger partial charge in [0, 0.05) is 12.1 Å².